The summed E-state index contributed by atoms with van der Waals surface area (Å²) in [5.41, 5.74) is 0. The number of aryl methyl sites for hydroxylation is 1. The Morgan fingerprint density at radius 3 is 2.47 bits per heavy atom. The van der Waals surface area contributed by atoms with Crippen molar-refractivity contribution < 1.29 is 13.3 Å². The van der Waals surface area contributed by atoms with Crippen LogP contribution in [-0.4, -0.2) is 23.1 Å². The van der Waals surface area contributed by atoms with Crippen molar-refractivity contribution in [1.29, 1.82) is 0 Å². The number of nitrogens with zero attached hydrogens (tertiary/aromatic N) is 3. The van der Waals surface area contributed by atoms with Gasteiger partial charge in [0.1, 0.15) is 0 Å². The Hall–Kier alpha value is -1.15. The van der Waals surface area contributed by atoms with Gasteiger partial charge in [-0.3, -0.25) is 0 Å². The molecule has 0 spiro atoms. The van der Waals surface area contributed by atoms with Gasteiger partial charge in [-0.2, -0.15) is 4.68 Å². The van der Waals surface area contributed by atoms with Gasteiger partial charge in [-0.25, -0.2) is 8.42 Å². The summed E-state index contributed by atoms with van der Waals surface area (Å²) in [6.07, 6.45) is 6.23. The lowest BCUT2D eigenvalue weighted by Crippen LogP contribution is -1.99. The summed E-state index contributed by atoms with van der Waals surface area (Å²) >= 11 is 0. The summed E-state index contributed by atoms with van der Waals surface area (Å²) in [7, 11) is 0.988. The van der Waals surface area contributed by atoms with E-state index in [9.17, 15) is 18.5 Å². The Labute approximate surface area is 116 Å². The van der Waals surface area contributed by atoms with Crippen LogP contribution in [0.1, 0.15) is 39.0 Å². The highest BCUT2D eigenvalue weighted by atomic mass is 35.7. The highest BCUT2D eigenvalue weighted by molar-refractivity contribution is 8.13. The molecule has 0 N–H and O–H groups in total. The molecule has 0 bridgehead atoms. The molecule has 0 saturated heterocycles. The lowest BCUT2D eigenvalue weighted by Gasteiger charge is -1.97. The van der Waals surface area contributed by atoms with Crippen LogP contribution in [0.25, 0.3) is 0 Å². The van der Waals surface area contributed by atoms with Gasteiger partial charge in [0.05, 0.1) is 17.8 Å². The molecule has 7 nitrogen and oxygen atoms in total. The monoisotopic (exact) mass is 309 g/mol. The number of halogens is 1. The van der Waals surface area contributed by atoms with Crippen LogP contribution in [0, 0.1) is 10.1 Å². The Morgan fingerprint density at radius 2 is 2.00 bits per heavy atom. The SMILES string of the molecule is CCCCCCCn1cc(S(=O)(=O)Cl)c([N+](=O)[O-])n1. The predicted octanol–water partition coefficient (Wildman–Crippen LogP) is 2.69. The van der Waals surface area contributed by atoms with E-state index in [0.717, 1.165) is 38.3 Å². The quantitative estimate of drug-likeness (QED) is 0.318. The molecule has 0 radical (unpaired) electrons. The number of aromatic nitrogens is 2. The average Bonchev–Trinajstić information content (AvgIpc) is 2.73. The molecule has 0 aromatic carbocycles. The highest BCUT2D eigenvalue weighted by Gasteiger charge is 2.29. The smallest absolute Gasteiger partial charge is 0.358 e. The molecule has 0 atom stereocenters. The van der Waals surface area contributed by atoms with Crippen LogP contribution in [0.4, 0.5) is 5.82 Å². The number of hydrogen-bond acceptors (Lipinski definition) is 5. The summed E-state index contributed by atoms with van der Waals surface area (Å²) in [5.74, 6) is -0.719. The fourth-order valence-corrected chi connectivity index (χ4v) is 2.59. The van der Waals surface area contributed by atoms with Crippen LogP contribution in [0.15, 0.2) is 11.1 Å². The Bertz CT molecular complexity index is 541. The average molecular weight is 310 g/mol. The first-order valence-electron chi connectivity index (χ1n) is 6.02. The molecule has 1 aromatic heterocycles. The van der Waals surface area contributed by atoms with Crippen molar-refractivity contribution >= 4 is 25.6 Å². The molecular weight excluding hydrogens is 294 g/mol. The van der Waals surface area contributed by atoms with Crippen molar-refractivity contribution in [2.24, 2.45) is 0 Å². The third-order valence-electron chi connectivity index (χ3n) is 2.64. The number of unbranched alkanes of at least 4 members (excludes halogenated alkanes) is 4. The summed E-state index contributed by atoms with van der Waals surface area (Å²) in [6, 6.07) is 0. The van der Waals surface area contributed by atoms with E-state index in [1.807, 2.05) is 0 Å². The Balaban J connectivity index is 2.74. The zero-order valence-corrected chi connectivity index (χ0v) is 12.2. The van der Waals surface area contributed by atoms with E-state index >= 15 is 0 Å². The van der Waals surface area contributed by atoms with Crippen LogP contribution >= 0.6 is 10.7 Å². The van der Waals surface area contributed by atoms with Crippen molar-refractivity contribution in [3.63, 3.8) is 0 Å². The molecule has 1 aromatic rings. The molecule has 9 heteroatoms. The summed E-state index contributed by atoms with van der Waals surface area (Å²) in [4.78, 5) is 9.31. The minimum atomic E-state index is -4.15. The maximum absolute atomic E-state index is 11.2. The van der Waals surface area contributed by atoms with Gasteiger partial charge in [0.15, 0.2) is 0 Å². The molecule has 0 aliphatic carbocycles. The fourth-order valence-electron chi connectivity index (χ4n) is 1.68. The minimum Gasteiger partial charge on any atom is -0.358 e. The van der Waals surface area contributed by atoms with E-state index in [-0.39, 0.29) is 0 Å². The van der Waals surface area contributed by atoms with Crippen LogP contribution in [0.5, 0.6) is 0 Å². The maximum Gasteiger partial charge on any atom is 0.410 e. The molecule has 0 fully saturated rings. The molecule has 1 rings (SSSR count). The van der Waals surface area contributed by atoms with Gasteiger partial charge in [0.2, 0.25) is 4.90 Å². The van der Waals surface area contributed by atoms with Crippen LogP contribution < -0.4 is 0 Å². The topological polar surface area (TPSA) is 95.1 Å². The molecule has 0 amide bonds. The van der Waals surface area contributed by atoms with Crippen LogP contribution in [0.3, 0.4) is 0 Å². The van der Waals surface area contributed by atoms with Gasteiger partial charge < -0.3 is 10.1 Å². The van der Waals surface area contributed by atoms with E-state index in [1.165, 1.54) is 4.68 Å². The fraction of sp³-hybridized carbons (Fsp3) is 0.700. The third kappa shape index (κ3) is 4.79. The van der Waals surface area contributed by atoms with Gasteiger partial charge in [-0.15, -0.1) is 0 Å². The largest absolute Gasteiger partial charge is 0.410 e. The second-order valence-electron chi connectivity index (χ2n) is 4.19. The first kappa shape index (κ1) is 15.9. The van der Waals surface area contributed by atoms with Gasteiger partial charge in [0, 0.05) is 10.7 Å². The minimum absolute atomic E-state index is 0.441. The van der Waals surface area contributed by atoms with Gasteiger partial charge in [-0.05, 0) is 11.3 Å². The maximum atomic E-state index is 11.2. The van der Waals surface area contributed by atoms with Crippen molar-refractivity contribution in [3.05, 3.63) is 16.3 Å². The van der Waals surface area contributed by atoms with Crippen LogP contribution in [0.2, 0.25) is 0 Å². The van der Waals surface area contributed by atoms with E-state index < -0.39 is 24.7 Å². The molecule has 19 heavy (non-hydrogen) atoms. The van der Waals surface area contributed by atoms with Crippen LogP contribution in [-0.2, 0) is 15.6 Å². The zero-order chi connectivity index (χ0) is 14.5. The lowest BCUT2D eigenvalue weighted by molar-refractivity contribution is -0.392. The number of rotatable bonds is 8. The van der Waals surface area contributed by atoms with E-state index in [2.05, 4.69) is 12.0 Å². The van der Waals surface area contributed by atoms with E-state index in [1.54, 1.807) is 0 Å². The number of hydrogen-bond donors (Lipinski definition) is 0. The summed E-state index contributed by atoms with van der Waals surface area (Å²) in [6.45, 7) is 2.55. The first-order chi connectivity index (χ1) is 8.86. The number of nitro groups is 1. The summed E-state index contributed by atoms with van der Waals surface area (Å²) in [5, 5.41) is 14.4. The molecule has 108 valence electrons. The lowest BCUT2D eigenvalue weighted by atomic mass is 10.1. The third-order valence-corrected chi connectivity index (χ3v) is 3.95. The Morgan fingerprint density at radius 1 is 1.37 bits per heavy atom. The van der Waals surface area contributed by atoms with E-state index in [0.29, 0.717) is 6.54 Å². The molecular formula is C10H16ClN3O4S. The molecule has 0 saturated carbocycles. The normalized spacial score (nSPS) is 11.7. The molecule has 0 aliphatic rings. The highest BCUT2D eigenvalue weighted by Crippen LogP contribution is 2.25. The van der Waals surface area contributed by atoms with Gasteiger partial charge >= 0.3 is 5.82 Å². The van der Waals surface area contributed by atoms with E-state index in [4.69, 9.17) is 10.7 Å². The molecule has 0 unspecified atom stereocenters. The predicted molar refractivity (Wildman–Crippen MR) is 70.7 cm³/mol. The second-order valence-corrected chi connectivity index (χ2v) is 6.72. The van der Waals surface area contributed by atoms with Crippen molar-refractivity contribution in [2.75, 3.05) is 0 Å². The summed E-state index contributed by atoms with van der Waals surface area (Å²) < 4.78 is 23.7. The van der Waals surface area contributed by atoms with Crippen molar-refractivity contribution in [3.8, 4) is 0 Å². The Kier molecular flexibility index (Phi) is 5.74. The van der Waals surface area contributed by atoms with Gasteiger partial charge in [0.25, 0.3) is 9.05 Å². The van der Waals surface area contributed by atoms with Crippen molar-refractivity contribution in [1.82, 2.24) is 9.78 Å². The molecule has 1 heterocycles. The molecule has 0 aliphatic heterocycles. The van der Waals surface area contributed by atoms with Gasteiger partial charge in [-0.1, -0.05) is 32.6 Å². The second kappa shape index (κ2) is 6.85. The zero-order valence-electron chi connectivity index (χ0n) is 10.6. The first-order valence-corrected chi connectivity index (χ1v) is 8.33. The standard InChI is InChI=1S/C10H16ClN3O4S/c1-2-3-4-5-6-7-13-8-9(19(11,17)18)10(12-13)14(15)16/h8H,2-7H2,1H3. The van der Waals surface area contributed by atoms with Crippen molar-refractivity contribution in [2.45, 2.75) is 50.5 Å².